The van der Waals surface area contributed by atoms with Crippen LogP contribution in [0.1, 0.15) is 27.2 Å². The molecule has 0 radical (unpaired) electrons. The zero-order valence-electron chi connectivity index (χ0n) is 13.9. The lowest BCUT2D eigenvalue weighted by atomic mass is 9.94. The topological polar surface area (TPSA) is 58.6 Å². The van der Waals surface area contributed by atoms with Crippen LogP contribution in [0.4, 0.5) is 0 Å². The summed E-state index contributed by atoms with van der Waals surface area (Å²) in [5.41, 5.74) is 7.71. The predicted octanol–water partition coefficient (Wildman–Crippen LogP) is 4.45. The summed E-state index contributed by atoms with van der Waals surface area (Å²) in [5.74, 6) is 0.0381. The van der Waals surface area contributed by atoms with Crippen LogP contribution in [0, 0.1) is 13.8 Å². The Morgan fingerprint density at radius 2 is 1.60 bits per heavy atom. The maximum atomic E-state index is 13.2. The molecule has 0 unspecified atom stereocenters. The summed E-state index contributed by atoms with van der Waals surface area (Å²) in [4.78, 5) is 17.9. The van der Waals surface area contributed by atoms with Crippen molar-refractivity contribution < 1.29 is 4.79 Å². The fourth-order valence-corrected chi connectivity index (χ4v) is 3.65. The van der Waals surface area contributed by atoms with E-state index >= 15 is 0 Å². The molecule has 4 aromatic rings. The number of aryl methyl sites for hydroxylation is 2. The summed E-state index contributed by atoms with van der Waals surface area (Å²) in [5, 5.41) is 8.29. The van der Waals surface area contributed by atoms with Crippen LogP contribution in [-0.4, -0.2) is 21.0 Å². The van der Waals surface area contributed by atoms with E-state index in [0.717, 1.165) is 33.5 Å². The molecule has 2 heterocycles. The Kier molecular flexibility index (Phi) is 2.74. The van der Waals surface area contributed by atoms with Gasteiger partial charge in [-0.05, 0) is 19.4 Å². The number of aromatic amines is 1. The Labute approximate surface area is 144 Å². The third kappa shape index (κ3) is 1.85. The van der Waals surface area contributed by atoms with E-state index < -0.39 is 0 Å². The highest BCUT2D eigenvalue weighted by atomic mass is 16.1. The van der Waals surface area contributed by atoms with Crippen molar-refractivity contribution in [1.82, 2.24) is 15.2 Å². The molecule has 2 aromatic heterocycles. The summed E-state index contributed by atoms with van der Waals surface area (Å²) in [6.45, 7) is 4.02. The second-order valence-corrected chi connectivity index (χ2v) is 6.50. The van der Waals surface area contributed by atoms with Crippen LogP contribution >= 0.6 is 0 Å². The first kappa shape index (κ1) is 14.1. The number of hydrogen-bond donors (Lipinski definition) is 1. The molecule has 0 fully saturated rings. The van der Waals surface area contributed by atoms with Gasteiger partial charge in [-0.1, -0.05) is 54.1 Å². The van der Waals surface area contributed by atoms with Crippen LogP contribution in [0.3, 0.4) is 0 Å². The van der Waals surface area contributed by atoms with Crippen LogP contribution < -0.4 is 0 Å². The molecule has 0 spiro atoms. The van der Waals surface area contributed by atoms with Gasteiger partial charge in [0, 0.05) is 22.4 Å². The molecule has 1 N–H and O–H groups in total. The standard InChI is InChI=1S/C21H15N3O/c1-11-7-9-13(10-8-11)17-16-12(2)23-24-21(16)22-19-14-5-3-4-6-15(14)20(25)18(17)19/h3-10H,1-2H3,(H,22,23,24). The Balaban J connectivity index is 1.95. The molecular formula is C21H15N3O. The number of nitrogens with zero attached hydrogens (tertiary/aromatic N) is 2. The number of fused-ring (bicyclic) bond motifs is 4. The number of carbonyl (C=O) groups excluding carboxylic acids is 1. The molecule has 0 atom stereocenters. The van der Waals surface area contributed by atoms with Gasteiger partial charge in [0.25, 0.3) is 0 Å². The highest BCUT2D eigenvalue weighted by Crippen LogP contribution is 2.43. The summed E-state index contributed by atoms with van der Waals surface area (Å²) >= 11 is 0. The molecule has 25 heavy (non-hydrogen) atoms. The summed E-state index contributed by atoms with van der Waals surface area (Å²) in [6, 6.07) is 15.9. The molecule has 0 saturated heterocycles. The molecule has 0 aliphatic heterocycles. The Morgan fingerprint density at radius 1 is 0.880 bits per heavy atom. The van der Waals surface area contributed by atoms with Crippen molar-refractivity contribution in [3.05, 3.63) is 70.9 Å². The molecular weight excluding hydrogens is 310 g/mol. The molecule has 4 nitrogen and oxygen atoms in total. The van der Waals surface area contributed by atoms with Gasteiger partial charge in [-0.15, -0.1) is 0 Å². The van der Waals surface area contributed by atoms with Gasteiger partial charge in [0.15, 0.2) is 11.4 Å². The van der Waals surface area contributed by atoms with Gasteiger partial charge >= 0.3 is 0 Å². The number of benzene rings is 2. The van der Waals surface area contributed by atoms with Gasteiger partial charge in [-0.2, -0.15) is 5.10 Å². The van der Waals surface area contributed by atoms with Crippen molar-refractivity contribution in [2.75, 3.05) is 0 Å². The normalized spacial score (nSPS) is 12.5. The largest absolute Gasteiger partial charge is 0.288 e. The molecule has 5 rings (SSSR count). The fraction of sp³-hybridized carbons (Fsp3) is 0.0952. The van der Waals surface area contributed by atoms with Gasteiger partial charge in [-0.25, -0.2) is 4.98 Å². The van der Waals surface area contributed by atoms with Crippen LogP contribution in [0.5, 0.6) is 0 Å². The Morgan fingerprint density at radius 3 is 2.36 bits per heavy atom. The van der Waals surface area contributed by atoms with E-state index in [-0.39, 0.29) is 5.78 Å². The van der Waals surface area contributed by atoms with E-state index in [1.54, 1.807) is 0 Å². The van der Waals surface area contributed by atoms with E-state index in [9.17, 15) is 4.79 Å². The first-order valence-electron chi connectivity index (χ1n) is 8.25. The SMILES string of the molecule is Cc1ccc(-c2c3c(nc4n[nH]c(C)c24)-c2ccccc2C3=O)cc1. The minimum Gasteiger partial charge on any atom is -0.288 e. The van der Waals surface area contributed by atoms with Crippen molar-refractivity contribution in [1.29, 1.82) is 0 Å². The third-order valence-electron chi connectivity index (χ3n) is 4.88. The van der Waals surface area contributed by atoms with E-state index in [2.05, 4.69) is 41.4 Å². The lowest BCUT2D eigenvalue weighted by Crippen LogP contribution is -2.00. The van der Waals surface area contributed by atoms with Crippen LogP contribution in [0.25, 0.3) is 33.4 Å². The van der Waals surface area contributed by atoms with E-state index in [4.69, 9.17) is 4.98 Å². The number of carbonyl (C=O) groups is 1. The molecule has 4 heteroatoms. The predicted molar refractivity (Wildman–Crippen MR) is 97.7 cm³/mol. The lowest BCUT2D eigenvalue weighted by Gasteiger charge is -2.10. The number of nitrogens with one attached hydrogen (secondary N) is 1. The number of rotatable bonds is 1. The third-order valence-corrected chi connectivity index (χ3v) is 4.88. The van der Waals surface area contributed by atoms with Gasteiger partial charge in [0.1, 0.15) is 0 Å². The van der Waals surface area contributed by atoms with Crippen molar-refractivity contribution >= 4 is 16.8 Å². The van der Waals surface area contributed by atoms with Gasteiger partial charge < -0.3 is 0 Å². The second-order valence-electron chi connectivity index (χ2n) is 6.50. The maximum absolute atomic E-state index is 13.2. The quantitative estimate of drug-likeness (QED) is 0.495. The van der Waals surface area contributed by atoms with Gasteiger partial charge in [0.2, 0.25) is 0 Å². The number of H-pyrrole nitrogens is 1. The molecule has 0 saturated carbocycles. The Hall–Kier alpha value is -3.27. The van der Waals surface area contributed by atoms with E-state index in [0.29, 0.717) is 16.8 Å². The molecule has 0 bridgehead atoms. The molecule has 1 aliphatic rings. The Bertz CT molecular complexity index is 1170. The number of pyridine rings is 1. The van der Waals surface area contributed by atoms with Gasteiger partial charge in [0.05, 0.1) is 16.6 Å². The van der Waals surface area contributed by atoms with Crippen molar-refractivity contribution in [2.24, 2.45) is 0 Å². The van der Waals surface area contributed by atoms with Crippen LogP contribution in [-0.2, 0) is 0 Å². The number of aromatic nitrogens is 3. The number of hydrogen-bond acceptors (Lipinski definition) is 3. The molecule has 1 aliphatic carbocycles. The average Bonchev–Trinajstić information content (AvgIpc) is 3.14. The van der Waals surface area contributed by atoms with E-state index in [1.807, 2.05) is 31.2 Å². The lowest BCUT2D eigenvalue weighted by molar-refractivity contribution is 0.104. The zero-order valence-corrected chi connectivity index (χ0v) is 13.9. The summed E-state index contributed by atoms with van der Waals surface area (Å²) in [7, 11) is 0. The van der Waals surface area contributed by atoms with Crippen molar-refractivity contribution in [2.45, 2.75) is 13.8 Å². The molecule has 2 aromatic carbocycles. The first-order valence-corrected chi connectivity index (χ1v) is 8.25. The molecule has 120 valence electrons. The fourth-order valence-electron chi connectivity index (χ4n) is 3.65. The highest BCUT2D eigenvalue weighted by molar-refractivity contribution is 6.26. The number of ketones is 1. The zero-order chi connectivity index (χ0) is 17.1. The summed E-state index contributed by atoms with van der Waals surface area (Å²) < 4.78 is 0. The average molecular weight is 325 g/mol. The smallest absolute Gasteiger partial charge is 0.196 e. The van der Waals surface area contributed by atoms with Crippen molar-refractivity contribution in [3.8, 4) is 22.4 Å². The summed E-state index contributed by atoms with van der Waals surface area (Å²) in [6.07, 6.45) is 0. The second kappa shape index (κ2) is 4.86. The van der Waals surface area contributed by atoms with E-state index in [1.165, 1.54) is 5.56 Å². The minimum absolute atomic E-state index is 0.0381. The van der Waals surface area contributed by atoms with Crippen LogP contribution in [0.15, 0.2) is 48.5 Å². The highest BCUT2D eigenvalue weighted by Gasteiger charge is 2.33. The minimum atomic E-state index is 0.0381. The monoisotopic (exact) mass is 325 g/mol. The van der Waals surface area contributed by atoms with Crippen molar-refractivity contribution in [3.63, 3.8) is 0 Å². The molecule has 0 amide bonds. The first-order chi connectivity index (χ1) is 12.1. The van der Waals surface area contributed by atoms with Crippen LogP contribution in [0.2, 0.25) is 0 Å². The van der Waals surface area contributed by atoms with Gasteiger partial charge in [-0.3, -0.25) is 9.89 Å². The maximum Gasteiger partial charge on any atom is 0.196 e.